The Hall–Kier alpha value is -2.72. The zero-order valence-corrected chi connectivity index (χ0v) is 20.4. The number of nitrogens with zero attached hydrogens (tertiary/aromatic N) is 3. The maximum absolute atomic E-state index is 12.9. The zero-order chi connectivity index (χ0) is 22.5. The van der Waals surface area contributed by atoms with Crippen LogP contribution in [0.3, 0.4) is 0 Å². The van der Waals surface area contributed by atoms with Crippen molar-refractivity contribution in [1.29, 1.82) is 0 Å². The highest BCUT2D eigenvalue weighted by Gasteiger charge is 2.17. The first kappa shape index (κ1) is 22.5. The Bertz CT molecular complexity index is 1270. The van der Waals surface area contributed by atoms with E-state index in [1.54, 1.807) is 0 Å². The van der Waals surface area contributed by atoms with Gasteiger partial charge in [-0.05, 0) is 63.7 Å². The molecule has 1 amide bonds. The topological polar surface area (TPSA) is 76.9 Å². The predicted molar refractivity (Wildman–Crippen MR) is 135 cm³/mol. The van der Waals surface area contributed by atoms with Crippen LogP contribution in [0.1, 0.15) is 23.1 Å². The lowest BCUT2D eigenvalue weighted by atomic mass is 10.1. The minimum absolute atomic E-state index is 0.0395. The molecule has 0 bridgehead atoms. The molecule has 162 valence electrons. The Morgan fingerprint density at radius 2 is 1.75 bits per heavy atom. The number of carbonyl (C=O) groups excluding carboxylic acids is 2. The molecule has 0 aliphatic carbocycles. The second kappa shape index (κ2) is 10.3. The molecule has 4 rings (SSSR count). The fraction of sp³-hybridized carbons (Fsp3) is 0.167. The van der Waals surface area contributed by atoms with Gasteiger partial charge in [0.2, 0.25) is 5.91 Å². The fourth-order valence-corrected chi connectivity index (χ4v) is 4.56. The van der Waals surface area contributed by atoms with E-state index in [2.05, 4.69) is 38.1 Å². The maximum Gasteiger partial charge on any atom is 0.216 e. The summed E-state index contributed by atoms with van der Waals surface area (Å²) >= 11 is 3.63. The summed E-state index contributed by atoms with van der Waals surface area (Å²) in [6, 6.07) is 21.8. The number of ketones is 1. The normalized spacial score (nSPS) is 10.9. The number of rotatable bonds is 8. The Kier molecular flexibility index (Phi) is 7.21. The summed E-state index contributed by atoms with van der Waals surface area (Å²) in [5.74, 6) is 0.950. The Morgan fingerprint density at radius 3 is 2.50 bits per heavy atom. The molecule has 4 aromatic rings. The summed E-state index contributed by atoms with van der Waals surface area (Å²) in [4.78, 5) is 24.1. The molecule has 0 unspecified atom stereocenters. The minimum Gasteiger partial charge on any atom is -0.356 e. The van der Waals surface area contributed by atoms with Crippen molar-refractivity contribution in [2.24, 2.45) is 0 Å². The third-order valence-corrected chi connectivity index (χ3v) is 6.56. The van der Waals surface area contributed by atoms with Gasteiger partial charge in [0.25, 0.3) is 0 Å². The monoisotopic (exact) mass is 556 g/mol. The molecule has 0 saturated heterocycles. The first-order valence-corrected chi connectivity index (χ1v) is 12.2. The van der Waals surface area contributed by atoms with Gasteiger partial charge in [0.1, 0.15) is 5.82 Å². The van der Waals surface area contributed by atoms with Crippen LogP contribution in [-0.2, 0) is 11.2 Å². The van der Waals surface area contributed by atoms with Gasteiger partial charge in [-0.3, -0.25) is 14.2 Å². The molecule has 0 saturated carbocycles. The largest absolute Gasteiger partial charge is 0.356 e. The highest BCUT2D eigenvalue weighted by molar-refractivity contribution is 14.1. The Morgan fingerprint density at radius 1 is 1.00 bits per heavy atom. The minimum atomic E-state index is -0.0825. The number of amides is 1. The maximum atomic E-state index is 12.9. The van der Waals surface area contributed by atoms with E-state index in [0.717, 1.165) is 25.9 Å². The lowest BCUT2D eigenvalue weighted by molar-refractivity contribution is -0.118. The number of thioether (sulfide) groups is 1. The molecule has 32 heavy (non-hydrogen) atoms. The molecular weight excluding hydrogens is 535 g/mol. The zero-order valence-electron chi connectivity index (χ0n) is 17.4. The summed E-state index contributed by atoms with van der Waals surface area (Å²) in [6.07, 6.45) is 0.539. The highest BCUT2D eigenvalue weighted by Crippen LogP contribution is 2.25. The van der Waals surface area contributed by atoms with Gasteiger partial charge >= 0.3 is 0 Å². The van der Waals surface area contributed by atoms with Gasteiger partial charge in [0.15, 0.2) is 10.9 Å². The second-order valence-corrected chi connectivity index (χ2v) is 9.41. The first-order chi connectivity index (χ1) is 15.5. The smallest absolute Gasteiger partial charge is 0.216 e. The number of hydrogen-bond acceptors (Lipinski definition) is 5. The van der Waals surface area contributed by atoms with Crippen LogP contribution in [0.5, 0.6) is 0 Å². The quantitative estimate of drug-likeness (QED) is 0.194. The van der Waals surface area contributed by atoms with E-state index in [1.807, 2.05) is 71.3 Å². The molecule has 1 aromatic heterocycles. The molecule has 1 heterocycles. The summed E-state index contributed by atoms with van der Waals surface area (Å²) in [6.45, 7) is 1.96. The van der Waals surface area contributed by atoms with E-state index in [4.69, 9.17) is 0 Å². The van der Waals surface area contributed by atoms with Gasteiger partial charge in [-0.2, -0.15) is 0 Å². The van der Waals surface area contributed by atoms with Gasteiger partial charge in [0, 0.05) is 34.7 Å². The third-order valence-electron chi connectivity index (χ3n) is 4.91. The summed E-state index contributed by atoms with van der Waals surface area (Å²) in [5.41, 5.74) is 1.61. The van der Waals surface area contributed by atoms with Crippen LogP contribution in [0.4, 0.5) is 0 Å². The number of Topliss-reactive ketones (excluding diaryl/α,β-unsaturated/α-hetero) is 1. The van der Waals surface area contributed by atoms with Crippen molar-refractivity contribution in [3.05, 3.63) is 81.7 Å². The number of aromatic nitrogens is 3. The SMILES string of the molecule is CC(=O)NCCc1nnc(SCC(=O)c2ccc3ccccc3c2)n1-c1ccc(I)cc1. The average molecular weight is 556 g/mol. The van der Waals surface area contributed by atoms with Crippen LogP contribution in [0.25, 0.3) is 16.5 Å². The second-order valence-electron chi connectivity index (χ2n) is 7.22. The van der Waals surface area contributed by atoms with Crippen molar-refractivity contribution in [2.45, 2.75) is 18.5 Å². The van der Waals surface area contributed by atoms with Gasteiger partial charge in [-0.15, -0.1) is 10.2 Å². The number of nitrogens with one attached hydrogen (secondary N) is 1. The van der Waals surface area contributed by atoms with Crippen molar-refractivity contribution in [3.8, 4) is 5.69 Å². The standard InChI is InChI=1S/C24H21IN4O2S/c1-16(30)26-13-12-23-27-28-24(29(23)21-10-8-20(25)9-11-21)32-15-22(31)19-7-6-17-4-2-3-5-18(17)14-19/h2-11,14H,12-13,15H2,1H3,(H,26,30). The lowest BCUT2D eigenvalue weighted by Crippen LogP contribution is -2.23. The molecule has 0 atom stereocenters. The van der Waals surface area contributed by atoms with Gasteiger partial charge in [-0.25, -0.2) is 0 Å². The third kappa shape index (κ3) is 5.36. The molecule has 8 heteroatoms. The molecule has 0 fully saturated rings. The predicted octanol–water partition coefficient (Wildman–Crippen LogP) is 4.68. The van der Waals surface area contributed by atoms with Crippen molar-refractivity contribution in [1.82, 2.24) is 20.1 Å². The van der Waals surface area contributed by atoms with Crippen molar-refractivity contribution >= 4 is 56.8 Å². The van der Waals surface area contributed by atoms with Crippen LogP contribution < -0.4 is 5.32 Å². The van der Waals surface area contributed by atoms with Gasteiger partial charge in [-0.1, -0.05) is 48.2 Å². The van der Waals surface area contributed by atoms with E-state index >= 15 is 0 Å². The Labute approximate surface area is 204 Å². The first-order valence-electron chi connectivity index (χ1n) is 10.1. The van der Waals surface area contributed by atoms with Crippen LogP contribution in [0.15, 0.2) is 71.9 Å². The number of hydrogen-bond donors (Lipinski definition) is 1. The van der Waals surface area contributed by atoms with Gasteiger partial charge < -0.3 is 5.32 Å². The fourth-order valence-electron chi connectivity index (χ4n) is 3.33. The van der Waals surface area contributed by atoms with Gasteiger partial charge in [0.05, 0.1) is 5.75 Å². The molecular formula is C24H21IN4O2S. The number of carbonyl (C=O) groups is 2. The average Bonchev–Trinajstić information content (AvgIpc) is 3.20. The Balaban J connectivity index is 1.55. The molecule has 0 radical (unpaired) electrons. The highest BCUT2D eigenvalue weighted by atomic mass is 127. The molecule has 0 aliphatic rings. The van der Waals surface area contributed by atoms with E-state index in [9.17, 15) is 9.59 Å². The lowest BCUT2D eigenvalue weighted by Gasteiger charge is -2.11. The van der Waals surface area contributed by atoms with Crippen LogP contribution in [0.2, 0.25) is 0 Å². The number of fused-ring (bicyclic) bond motifs is 1. The van der Waals surface area contributed by atoms with E-state index < -0.39 is 0 Å². The van der Waals surface area contributed by atoms with Crippen molar-refractivity contribution in [2.75, 3.05) is 12.3 Å². The molecule has 0 spiro atoms. The summed E-state index contributed by atoms with van der Waals surface area (Å²) < 4.78 is 3.08. The van der Waals surface area contributed by atoms with E-state index in [-0.39, 0.29) is 17.4 Å². The molecule has 1 N–H and O–H groups in total. The van der Waals surface area contributed by atoms with Crippen molar-refractivity contribution in [3.63, 3.8) is 0 Å². The summed E-state index contributed by atoms with van der Waals surface area (Å²) in [5, 5.41) is 14.3. The van der Waals surface area contributed by atoms with Crippen LogP contribution in [0, 0.1) is 3.57 Å². The van der Waals surface area contributed by atoms with Crippen LogP contribution >= 0.6 is 34.4 Å². The van der Waals surface area contributed by atoms with E-state index in [0.29, 0.717) is 23.7 Å². The molecule has 3 aromatic carbocycles. The van der Waals surface area contributed by atoms with E-state index in [1.165, 1.54) is 18.7 Å². The number of benzene rings is 3. The van der Waals surface area contributed by atoms with Crippen molar-refractivity contribution < 1.29 is 9.59 Å². The van der Waals surface area contributed by atoms with Crippen LogP contribution in [-0.4, -0.2) is 38.8 Å². The number of halogens is 1. The molecule has 0 aliphatic heterocycles. The molecule has 6 nitrogen and oxygen atoms in total. The summed E-state index contributed by atoms with van der Waals surface area (Å²) in [7, 11) is 0.